The van der Waals surface area contributed by atoms with Crippen LogP contribution in [-0.4, -0.2) is 22.3 Å². The second-order valence-corrected chi connectivity index (χ2v) is 6.55. The van der Waals surface area contributed by atoms with Gasteiger partial charge in [-0.3, -0.25) is 0 Å². The fourth-order valence-electron chi connectivity index (χ4n) is 3.15. The Morgan fingerprint density at radius 3 is 2.41 bits per heavy atom. The van der Waals surface area contributed by atoms with Crippen molar-refractivity contribution in [1.29, 1.82) is 0 Å². The Morgan fingerprint density at radius 2 is 1.76 bits per heavy atom. The standard InChI is InChI=1S/C14H18INO/c15-16-8-12-6-7-13(9-16)14(12)17-10-11-4-2-1-3-5-11/h1-5,12-14H,6-10H2/t12-,13+,14?. The monoisotopic (exact) mass is 343 g/mol. The Kier molecular flexibility index (Phi) is 3.68. The molecule has 2 aliphatic rings. The molecule has 0 radical (unpaired) electrons. The van der Waals surface area contributed by atoms with Gasteiger partial charge in [-0.25, -0.2) is 3.11 Å². The first-order valence-electron chi connectivity index (χ1n) is 6.39. The van der Waals surface area contributed by atoms with Crippen molar-refractivity contribution in [1.82, 2.24) is 3.11 Å². The lowest BCUT2D eigenvalue weighted by atomic mass is 9.96. The van der Waals surface area contributed by atoms with E-state index in [1.54, 1.807) is 0 Å². The lowest BCUT2D eigenvalue weighted by Crippen LogP contribution is -2.41. The van der Waals surface area contributed by atoms with E-state index in [9.17, 15) is 0 Å². The second kappa shape index (κ2) is 5.24. The quantitative estimate of drug-likeness (QED) is 0.617. The largest absolute Gasteiger partial charge is 0.373 e. The fourth-order valence-corrected chi connectivity index (χ4v) is 4.17. The molecule has 0 amide bonds. The molecule has 1 aliphatic carbocycles. The minimum absolute atomic E-state index is 0.501. The fraction of sp³-hybridized carbons (Fsp3) is 0.571. The molecular weight excluding hydrogens is 325 g/mol. The number of benzene rings is 1. The molecule has 0 aromatic heterocycles. The molecule has 1 saturated carbocycles. The van der Waals surface area contributed by atoms with E-state index in [0.29, 0.717) is 6.10 Å². The summed E-state index contributed by atoms with van der Waals surface area (Å²) in [5.74, 6) is 1.52. The summed E-state index contributed by atoms with van der Waals surface area (Å²) in [7, 11) is 0. The van der Waals surface area contributed by atoms with Crippen molar-refractivity contribution in [3.05, 3.63) is 35.9 Å². The average molecular weight is 343 g/mol. The van der Waals surface area contributed by atoms with E-state index < -0.39 is 0 Å². The van der Waals surface area contributed by atoms with Crippen LogP contribution in [0.25, 0.3) is 0 Å². The third kappa shape index (κ3) is 2.66. The molecule has 1 saturated heterocycles. The molecule has 1 aliphatic heterocycles. The predicted octanol–water partition coefficient (Wildman–Crippen LogP) is 3.26. The van der Waals surface area contributed by atoms with Crippen LogP contribution in [0.15, 0.2) is 30.3 Å². The number of nitrogens with zero attached hydrogens (tertiary/aromatic N) is 1. The Bertz CT molecular complexity index is 356. The van der Waals surface area contributed by atoms with Gasteiger partial charge in [0.1, 0.15) is 0 Å². The maximum atomic E-state index is 6.17. The topological polar surface area (TPSA) is 12.5 Å². The Hall–Kier alpha value is -0.130. The van der Waals surface area contributed by atoms with Gasteiger partial charge in [0, 0.05) is 36.0 Å². The molecule has 17 heavy (non-hydrogen) atoms. The van der Waals surface area contributed by atoms with Gasteiger partial charge in [0.2, 0.25) is 0 Å². The zero-order valence-electron chi connectivity index (χ0n) is 9.89. The molecule has 0 N–H and O–H groups in total. The molecule has 1 heterocycles. The first-order valence-corrected chi connectivity index (χ1v) is 7.35. The number of hydrogen-bond acceptors (Lipinski definition) is 2. The van der Waals surface area contributed by atoms with Gasteiger partial charge in [-0.05, 0) is 30.2 Å². The van der Waals surface area contributed by atoms with Gasteiger partial charge in [-0.15, -0.1) is 0 Å². The highest BCUT2D eigenvalue weighted by Gasteiger charge is 2.42. The predicted molar refractivity (Wildman–Crippen MR) is 76.8 cm³/mol. The van der Waals surface area contributed by atoms with Crippen molar-refractivity contribution < 1.29 is 4.74 Å². The molecule has 2 fully saturated rings. The number of hydrogen-bond donors (Lipinski definition) is 0. The normalized spacial score (nSPS) is 32.9. The van der Waals surface area contributed by atoms with E-state index in [-0.39, 0.29) is 0 Å². The molecule has 1 unspecified atom stereocenters. The van der Waals surface area contributed by atoms with Gasteiger partial charge in [-0.1, -0.05) is 30.3 Å². The minimum atomic E-state index is 0.501. The van der Waals surface area contributed by atoms with E-state index in [2.05, 4.69) is 56.3 Å². The third-order valence-electron chi connectivity index (χ3n) is 3.99. The summed E-state index contributed by atoms with van der Waals surface area (Å²) in [5, 5.41) is 0. The van der Waals surface area contributed by atoms with Gasteiger partial charge < -0.3 is 4.74 Å². The van der Waals surface area contributed by atoms with Crippen molar-refractivity contribution in [2.24, 2.45) is 11.8 Å². The van der Waals surface area contributed by atoms with Crippen molar-refractivity contribution >= 4 is 22.9 Å². The summed E-state index contributed by atoms with van der Waals surface area (Å²) in [6, 6.07) is 10.5. The lowest BCUT2D eigenvalue weighted by molar-refractivity contribution is -0.0328. The highest BCUT2D eigenvalue weighted by Crippen LogP contribution is 2.40. The van der Waals surface area contributed by atoms with E-state index in [1.807, 2.05) is 0 Å². The molecule has 1 aromatic rings. The first kappa shape index (κ1) is 11.9. The van der Waals surface area contributed by atoms with Crippen molar-refractivity contribution in [3.8, 4) is 0 Å². The van der Waals surface area contributed by atoms with Gasteiger partial charge >= 0.3 is 0 Å². The van der Waals surface area contributed by atoms with Crippen LogP contribution in [0, 0.1) is 11.8 Å². The molecule has 92 valence electrons. The molecule has 0 spiro atoms. The van der Waals surface area contributed by atoms with E-state index >= 15 is 0 Å². The zero-order valence-corrected chi connectivity index (χ0v) is 12.0. The Morgan fingerprint density at radius 1 is 1.12 bits per heavy atom. The van der Waals surface area contributed by atoms with E-state index in [0.717, 1.165) is 18.4 Å². The summed E-state index contributed by atoms with van der Waals surface area (Å²) >= 11 is 2.45. The molecular formula is C14H18INO. The van der Waals surface area contributed by atoms with Crippen LogP contribution >= 0.6 is 22.9 Å². The number of halogens is 1. The average Bonchev–Trinajstić information content (AvgIpc) is 2.59. The highest BCUT2D eigenvalue weighted by atomic mass is 127. The van der Waals surface area contributed by atoms with Crippen LogP contribution in [0.5, 0.6) is 0 Å². The van der Waals surface area contributed by atoms with E-state index in [4.69, 9.17) is 4.74 Å². The van der Waals surface area contributed by atoms with Crippen LogP contribution in [0.1, 0.15) is 18.4 Å². The van der Waals surface area contributed by atoms with Gasteiger partial charge in [0.25, 0.3) is 0 Å². The Labute approximate surface area is 117 Å². The SMILES string of the molecule is IN1C[C@H]2CC[C@@H](C1)C2OCc1ccccc1. The smallest absolute Gasteiger partial charge is 0.0720 e. The summed E-state index contributed by atoms with van der Waals surface area (Å²) in [4.78, 5) is 0. The van der Waals surface area contributed by atoms with Crippen molar-refractivity contribution in [2.45, 2.75) is 25.6 Å². The summed E-state index contributed by atoms with van der Waals surface area (Å²) < 4.78 is 8.61. The van der Waals surface area contributed by atoms with Crippen LogP contribution in [0.2, 0.25) is 0 Å². The number of piperidine rings is 1. The maximum absolute atomic E-state index is 6.17. The van der Waals surface area contributed by atoms with E-state index in [1.165, 1.54) is 31.5 Å². The number of ether oxygens (including phenoxy) is 1. The van der Waals surface area contributed by atoms with Crippen LogP contribution in [-0.2, 0) is 11.3 Å². The molecule has 2 nitrogen and oxygen atoms in total. The maximum Gasteiger partial charge on any atom is 0.0720 e. The third-order valence-corrected chi connectivity index (χ3v) is 4.78. The minimum Gasteiger partial charge on any atom is -0.373 e. The van der Waals surface area contributed by atoms with Crippen LogP contribution in [0.4, 0.5) is 0 Å². The number of fused-ring (bicyclic) bond motifs is 2. The van der Waals surface area contributed by atoms with Crippen molar-refractivity contribution in [3.63, 3.8) is 0 Å². The molecule has 1 aromatic carbocycles. The molecule has 3 heteroatoms. The van der Waals surface area contributed by atoms with Crippen LogP contribution < -0.4 is 0 Å². The molecule has 2 bridgehead atoms. The van der Waals surface area contributed by atoms with Crippen LogP contribution in [0.3, 0.4) is 0 Å². The molecule has 3 atom stereocenters. The molecule has 3 rings (SSSR count). The van der Waals surface area contributed by atoms with Gasteiger partial charge in [0.15, 0.2) is 0 Å². The van der Waals surface area contributed by atoms with Gasteiger partial charge in [-0.2, -0.15) is 0 Å². The Balaban J connectivity index is 1.60. The van der Waals surface area contributed by atoms with Gasteiger partial charge in [0.05, 0.1) is 12.7 Å². The zero-order chi connectivity index (χ0) is 11.7. The number of rotatable bonds is 3. The second-order valence-electron chi connectivity index (χ2n) is 5.19. The summed E-state index contributed by atoms with van der Waals surface area (Å²) in [6.45, 7) is 3.19. The lowest BCUT2D eigenvalue weighted by Gasteiger charge is -2.34. The first-order chi connectivity index (χ1) is 8.33. The van der Waals surface area contributed by atoms with Crippen molar-refractivity contribution in [2.75, 3.05) is 13.1 Å². The highest BCUT2D eigenvalue weighted by molar-refractivity contribution is 14.1. The summed E-state index contributed by atoms with van der Waals surface area (Å²) in [5.41, 5.74) is 1.30. The summed E-state index contributed by atoms with van der Waals surface area (Å²) in [6.07, 6.45) is 3.20.